The number of ether oxygens (including phenoxy) is 2. The number of sulfonamides is 1. The first kappa shape index (κ1) is 20.4. The van der Waals surface area contributed by atoms with Crippen LogP contribution >= 0.6 is 11.6 Å². The zero-order chi connectivity index (χ0) is 20.3. The molecular formula is C19H21ClN2O5S. The highest BCUT2D eigenvalue weighted by Gasteiger charge is 2.31. The molecule has 1 aliphatic rings. The van der Waals surface area contributed by atoms with Crippen molar-refractivity contribution in [1.82, 2.24) is 9.21 Å². The molecule has 150 valence electrons. The Kier molecular flexibility index (Phi) is 6.12. The zero-order valence-electron chi connectivity index (χ0n) is 15.6. The topological polar surface area (TPSA) is 76.2 Å². The number of carbonyl (C=O) groups is 1. The highest BCUT2D eigenvalue weighted by molar-refractivity contribution is 7.89. The van der Waals surface area contributed by atoms with Crippen molar-refractivity contribution in [3.05, 3.63) is 53.1 Å². The molecule has 0 spiro atoms. The number of halogens is 1. The maximum Gasteiger partial charge on any atom is 0.257 e. The third-order valence-corrected chi connectivity index (χ3v) is 6.77. The van der Waals surface area contributed by atoms with Crippen LogP contribution in [0.5, 0.6) is 11.5 Å². The van der Waals surface area contributed by atoms with Gasteiger partial charge in [0.05, 0.1) is 24.7 Å². The van der Waals surface area contributed by atoms with Gasteiger partial charge < -0.3 is 14.4 Å². The van der Waals surface area contributed by atoms with Gasteiger partial charge in [0.1, 0.15) is 11.5 Å². The molecular weight excluding hydrogens is 404 g/mol. The van der Waals surface area contributed by atoms with Gasteiger partial charge in [-0.05, 0) is 42.5 Å². The summed E-state index contributed by atoms with van der Waals surface area (Å²) in [6.07, 6.45) is 0. The maximum absolute atomic E-state index is 12.8. The molecule has 1 amide bonds. The molecule has 0 aliphatic carbocycles. The molecule has 1 saturated heterocycles. The van der Waals surface area contributed by atoms with E-state index in [1.165, 1.54) is 30.7 Å². The number of rotatable bonds is 5. The Hall–Kier alpha value is -2.29. The van der Waals surface area contributed by atoms with Gasteiger partial charge in [-0.1, -0.05) is 11.6 Å². The molecule has 0 unspecified atom stereocenters. The van der Waals surface area contributed by atoms with Gasteiger partial charge in [0.2, 0.25) is 10.0 Å². The molecule has 0 radical (unpaired) electrons. The van der Waals surface area contributed by atoms with E-state index in [0.717, 1.165) is 0 Å². The number of hydrogen-bond donors (Lipinski definition) is 0. The highest BCUT2D eigenvalue weighted by Crippen LogP contribution is 2.26. The normalized spacial score (nSPS) is 15.3. The number of carbonyl (C=O) groups excluding carboxylic acids is 1. The molecule has 2 aromatic rings. The van der Waals surface area contributed by atoms with Crippen molar-refractivity contribution < 1.29 is 22.7 Å². The second-order valence-corrected chi connectivity index (χ2v) is 8.59. The Bertz CT molecular complexity index is 955. The van der Waals surface area contributed by atoms with Gasteiger partial charge in [-0.25, -0.2) is 8.42 Å². The van der Waals surface area contributed by atoms with Crippen molar-refractivity contribution in [2.75, 3.05) is 40.4 Å². The molecule has 1 aliphatic heterocycles. The van der Waals surface area contributed by atoms with Crippen molar-refractivity contribution in [3.8, 4) is 11.5 Å². The molecule has 2 aromatic carbocycles. The van der Waals surface area contributed by atoms with Gasteiger partial charge in [0.25, 0.3) is 5.91 Å². The van der Waals surface area contributed by atoms with E-state index in [-0.39, 0.29) is 23.9 Å². The second-order valence-electron chi connectivity index (χ2n) is 6.22. The fourth-order valence-electron chi connectivity index (χ4n) is 3.04. The molecule has 0 atom stereocenters. The molecule has 28 heavy (non-hydrogen) atoms. The number of methoxy groups -OCH3 is 2. The van der Waals surface area contributed by atoms with Crippen LogP contribution in [0.15, 0.2) is 47.4 Å². The molecule has 0 saturated carbocycles. The van der Waals surface area contributed by atoms with E-state index in [2.05, 4.69) is 0 Å². The summed E-state index contributed by atoms with van der Waals surface area (Å²) in [7, 11) is -0.624. The minimum atomic E-state index is -3.62. The molecule has 1 fully saturated rings. The third kappa shape index (κ3) is 4.09. The van der Waals surface area contributed by atoms with Crippen molar-refractivity contribution in [1.29, 1.82) is 0 Å². The van der Waals surface area contributed by atoms with Gasteiger partial charge in [0, 0.05) is 31.2 Å². The van der Waals surface area contributed by atoms with Crippen molar-refractivity contribution >= 4 is 27.5 Å². The van der Waals surface area contributed by atoms with Crippen LogP contribution < -0.4 is 9.47 Å². The summed E-state index contributed by atoms with van der Waals surface area (Å²) >= 11 is 5.95. The number of piperazine rings is 1. The predicted molar refractivity (Wildman–Crippen MR) is 106 cm³/mol. The van der Waals surface area contributed by atoms with E-state index in [1.807, 2.05) is 0 Å². The standard InChI is InChI=1S/C19H21ClN2O5S/c1-26-15-4-6-16(7-5-15)28(24,25)22-11-9-21(10-12-22)19(23)17-8-3-14(20)13-18(17)27-2/h3-8,13H,9-12H2,1-2H3. The lowest BCUT2D eigenvalue weighted by atomic mass is 10.1. The first-order valence-electron chi connectivity index (χ1n) is 8.64. The van der Waals surface area contributed by atoms with E-state index < -0.39 is 10.0 Å². The maximum atomic E-state index is 12.8. The Morgan fingerprint density at radius 3 is 2.18 bits per heavy atom. The van der Waals surface area contributed by atoms with Crippen LogP contribution in [-0.2, 0) is 10.0 Å². The number of hydrogen-bond acceptors (Lipinski definition) is 5. The van der Waals surface area contributed by atoms with Gasteiger partial charge in [0.15, 0.2) is 0 Å². The highest BCUT2D eigenvalue weighted by atomic mass is 35.5. The lowest BCUT2D eigenvalue weighted by molar-refractivity contribution is 0.0694. The fraction of sp³-hybridized carbons (Fsp3) is 0.316. The monoisotopic (exact) mass is 424 g/mol. The average molecular weight is 425 g/mol. The van der Waals surface area contributed by atoms with Crippen LogP contribution in [0.25, 0.3) is 0 Å². The van der Waals surface area contributed by atoms with Gasteiger partial charge in [-0.3, -0.25) is 4.79 Å². The van der Waals surface area contributed by atoms with Crippen LogP contribution in [0.4, 0.5) is 0 Å². The average Bonchev–Trinajstić information content (AvgIpc) is 2.73. The molecule has 0 bridgehead atoms. The van der Waals surface area contributed by atoms with Crippen molar-refractivity contribution in [3.63, 3.8) is 0 Å². The number of nitrogens with zero attached hydrogens (tertiary/aromatic N) is 2. The third-order valence-electron chi connectivity index (χ3n) is 4.62. The second kappa shape index (κ2) is 8.38. The summed E-state index contributed by atoms with van der Waals surface area (Å²) in [6, 6.07) is 11.1. The van der Waals surface area contributed by atoms with Crippen LogP contribution in [0.3, 0.4) is 0 Å². The Labute approximate surface area is 169 Å². The molecule has 0 aromatic heterocycles. The summed E-state index contributed by atoms with van der Waals surface area (Å²) in [5.41, 5.74) is 0.401. The summed E-state index contributed by atoms with van der Waals surface area (Å²) < 4.78 is 37.3. The molecule has 9 heteroatoms. The predicted octanol–water partition coefficient (Wildman–Crippen LogP) is 2.50. The van der Waals surface area contributed by atoms with Gasteiger partial charge in [-0.15, -0.1) is 0 Å². The van der Waals surface area contributed by atoms with E-state index in [9.17, 15) is 13.2 Å². The van der Waals surface area contributed by atoms with Crippen LogP contribution in [0.2, 0.25) is 5.02 Å². The van der Waals surface area contributed by atoms with Gasteiger partial charge in [-0.2, -0.15) is 4.31 Å². The first-order valence-corrected chi connectivity index (χ1v) is 10.5. The smallest absolute Gasteiger partial charge is 0.257 e. The molecule has 3 rings (SSSR count). The Morgan fingerprint density at radius 2 is 1.61 bits per heavy atom. The van der Waals surface area contributed by atoms with Crippen molar-refractivity contribution in [2.24, 2.45) is 0 Å². The summed E-state index contributed by atoms with van der Waals surface area (Å²) in [5, 5.41) is 0.476. The largest absolute Gasteiger partial charge is 0.497 e. The summed E-state index contributed by atoms with van der Waals surface area (Å²) in [5.74, 6) is 0.770. The fourth-order valence-corrected chi connectivity index (χ4v) is 4.62. The lowest BCUT2D eigenvalue weighted by Gasteiger charge is -2.34. The molecule has 0 N–H and O–H groups in total. The van der Waals surface area contributed by atoms with E-state index in [4.69, 9.17) is 21.1 Å². The quantitative estimate of drug-likeness (QED) is 0.737. The first-order chi connectivity index (χ1) is 13.4. The molecule has 7 nitrogen and oxygen atoms in total. The SMILES string of the molecule is COc1ccc(S(=O)(=O)N2CCN(C(=O)c3ccc(Cl)cc3OC)CC2)cc1. The van der Waals surface area contributed by atoms with Crippen LogP contribution in [0.1, 0.15) is 10.4 Å². The Balaban J connectivity index is 1.70. The molecule has 1 heterocycles. The Morgan fingerprint density at radius 1 is 0.964 bits per heavy atom. The van der Waals surface area contributed by atoms with Crippen LogP contribution in [-0.4, -0.2) is 63.9 Å². The van der Waals surface area contributed by atoms with E-state index in [0.29, 0.717) is 35.2 Å². The number of benzene rings is 2. The van der Waals surface area contributed by atoms with E-state index >= 15 is 0 Å². The lowest BCUT2D eigenvalue weighted by Crippen LogP contribution is -2.50. The minimum absolute atomic E-state index is 0.201. The number of amides is 1. The van der Waals surface area contributed by atoms with Crippen molar-refractivity contribution in [2.45, 2.75) is 4.90 Å². The zero-order valence-corrected chi connectivity index (χ0v) is 17.2. The van der Waals surface area contributed by atoms with Crippen LogP contribution in [0, 0.1) is 0 Å². The summed E-state index contributed by atoms with van der Waals surface area (Å²) in [6.45, 7) is 1.02. The van der Waals surface area contributed by atoms with Gasteiger partial charge >= 0.3 is 0 Å². The minimum Gasteiger partial charge on any atom is -0.497 e. The summed E-state index contributed by atoms with van der Waals surface area (Å²) in [4.78, 5) is 14.6. The van der Waals surface area contributed by atoms with E-state index in [1.54, 1.807) is 35.2 Å².